The zero-order chi connectivity index (χ0) is 18.0. The third-order valence-electron chi connectivity index (χ3n) is 5.22. The largest absolute Gasteiger partial charge is 0.495 e. The van der Waals surface area contributed by atoms with Gasteiger partial charge in [-0.15, -0.1) is 0 Å². The van der Waals surface area contributed by atoms with Gasteiger partial charge in [-0.3, -0.25) is 0 Å². The lowest BCUT2D eigenvalue weighted by atomic mass is 9.76. The van der Waals surface area contributed by atoms with Gasteiger partial charge in [0.1, 0.15) is 5.75 Å². The van der Waals surface area contributed by atoms with Crippen LogP contribution in [0.1, 0.15) is 28.7 Å². The van der Waals surface area contributed by atoms with Crippen molar-refractivity contribution in [2.24, 2.45) is 0 Å². The van der Waals surface area contributed by atoms with Crippen molar-refractivity contribution >= 4 is 28.9 Å². The fourth-order valence-corrected chi connectivity index (χ4v) is 4.76. The number of hydrogen-bond donors (Lipinski definition) is 1. The minimum atomic E-state index is -4.37. The van der Waals surface area contributed by atoms with E-state index in [-0.39, 0.29) is 0 Å². The van der Waals surface area contributed by atoms with Gasteiger partial charge in [-0.05, 0) is 42.2 Å². The highest BCUT2D eigenvalue weighted by atomic mass is 35.5. The van der Waals surface area contributed by atoms with Gasteiger partial charge in [0, 0.05) is 28.2 Å². The van der Waals surface area contributed by atoms with Gasteiger partial charge in [0.05, 0.1) is 17.7 Å². The molecule has 2 aromatic carbocycles. The summed E-state index contributed by atoms with van der Waals surface area (Å²) >= 11 is 12.7. The topological polar surface area (TPSA) is 21.3 Å². The fraction of sp³-hybridized carbons (Fsp3) is 0.333. The molecular formula is C18H14Cl2F3NO. The van der Waals surface area contributed by atoms with Crippen LogP contribution in [0.2, 0.25) is 10.0 Å². The van der Waals surface area contributed by atoms with Gasteiger partial charge in [-0.1, -0.05) is 29.3 Å². The molecule has 1 aliphatic carbocycles. The SMILES string of the molecule is COc1c(Cl)cc(Cl)c2c1C1(CC2)CNc2cc(C(F)(F)F)ccc21. The number of fused-ring (bicyclic) bond motifs is 4. The molecule has 2 aliphatic rings. The zero-order valence-corrected chi connectivity index (χ0v) is 14.7. The van der Waals surface area contributed by atoms with Gasteiger partial charge in [-0.2, -0.15) is 13.2 Å². The predicted molar refractivity (Wildman–Crippen MR) is 92.0 cm³/mol. The molecule has 0 fully saturated rings. The van der Waals surface area contributed by atoms with Crippen molar-refractivity contribution < 1.29 is 17.9 Å². The average Bonchev–Trinajstić information content (AvgIpc) is 3.11. The van der Waals surface area contributed by atoms with Crippen molar-refractivity contribution in [3.05, 3.63) is 56.6 Å². The summed E-state index contributed by atoms with van der Waals surface area (Å²) in [5.74, 6) is 0.549. The summed E-state index contributed by atoms with van der Waals surface area (Å²) in [5.41, 5.74) is 2.03. The summed E-state index contributed by atoms with van der Waals surface area (Å²) < 4.78 is 44.5. The van der Waals surface area contributed by atoms with Gasteiger partial charge in [0.2, 0.25) is 0 Å². The second-order valence-corrected chi connectivity index (χ2v) is 7.24. The summed E-state index contributed by atoms with van der Waals surface area (Å²) in [4.78, 5) is 0. The number of hydrogen-bond acceptors (Lipinski definition) is 2. The Bertz CT molecular complexity index is 882. The summed E-state index contributed by atoms with van der Waals surface area (Å²) in [5, 5.41) is 4.11. The number of halogens is 5. The lowest BCUT2D eigenvalue weighted by Gasteiger charge is -2.27. The normalized spacial score (nSPS) is 21.2. The van der Waals surface area contributed by atoms with E-state index >= 15 is 0 Å². The number of anilines is 1. The molecule has 1 atom stereocenters. The van der Waals surface area contributed by atoms with Crippen LogP contribution < -0.4 is 10.1 Å². The first-order chi connectivity index (χ1) is 11.8. The van der Waals surface area contributed by atoms with Gasteiger partial charge >= 0.3 is 6.18 Å². The van der Waals surface area contributed by atoms with Crippen LogP contribution >= 0.6 is 23.2 Å². The monoisotopic (exact) mass is 387 g/mol. The summed E-state index contributed by atoms with van der Waals surface area (Å²) in [7, 11) is 1.54. The fourth-order valence-electron chi connectivity index (χ4n) is 4.12. The van der Waals surface area contributed by atoms with Crippen molar-refractivity contribution in [2.45, 2.75) is 24.4 Å². The van der Waals surface area contributed by atoms with Crippen molar-refractivity contribution in [2.75, 3.05) is 19.0 Å². The molecule has 0 bridgehead atoms. The van der Waals surface area contributed by atoms with E-state index in [1.165, 1.54) is 13.2 Å². The molecule has 1 N–H and O–H groups in total. The van der Waals surface area contributed by atoms with Gasteiger partial charge in [0.25, 0.3) is 0 Å². The standard InChI is InChI=1S/C18H14Cl2F3NO/c1-25-16-13(20)7-12(19)10-4-5-17(15(10)16)8-24-14-6-9(18(21,22)23)2-3-11(14)17/h2-3,6-7,24H,4-5,8H2,1H3. The van der Waals surface area contributed by atoms with Crippen LogP contribution in [0.25, 0.3) is 0 Å². The van der Waals surface area contributed by atoms with Crippen molar-refractivity contribution in [3.63, 3.8) is 0 Å². The maximum Gasteiger partial charge on any atom is 0.416 e. The first-order valence-electron chi connectivity index (χ1n) is 7.79. The van der Waals surface area contributed by atoms with E-state index in [9.17, 15) is 13.2 Å². The molecule has 4 rings (SSSR count). The zero-order valence-electron chi connectivity index (χ0n) is 13.2. The molecule has 0 amide bonds. The molecule has 25 heavy (non-hydrogen) atoms. The van der Waals surface area contributed by atoms with E-state index < -0.39 is 17.2 Å². The second-order valence-electron chi connectivity index (χ2n) is 6.42. The number of nitrogens with one attached hydrogen (secondary N) is 1. The molecule has 1 aliphatic heterocycles. The van der Waals surface area contributed by atoms with E-state index in [4.69, 9.17) is 27.9 Å². The highest BCUT2D eigenvalue weighted by Crippen LogP contribution is 2.56. The third kappa shape index (κ3) is 2.32. The Balaban J connectivity index is 1.93. The van der Waals surface area contributed by atoms with E-state index in [1.54, 1.807) is 12.1 Å². The van der Waals surface area contributed by atoms with Crippen LogP contribution in [0, 0.1) is 0 Å². The number of methoxy groups -OCH3 is 1. The number of rotatable bonds is 1. The van der Waals surface area contributed by atoms with Gasteiger partial charge in [0.15, 0.2) is 0 Å². The average molecular weight is 388 g/mol. The van der Waals surface area contributed by atoms with Gasteiger partial charge < -0.3 is 10.1 Å². The number of alkyl halides is 3. The van der Waals surface area contributed by atoms with Crippen LogP contribution in [0.4, 0.5) is 18.9 Å². The Kier molecular flexibility index (Phi) is 3.68. The molecule has 1 spiro atoms. The highest BCUT2D eigenvalue weighted by Gasteiger charge is 2.49. The Morgan fingerprint density at radius 2 is 1.92 bits per heavy atom. The smallest absolute Gasteiger partial charge is 0.416 e. The molecule has 2 aromatic rings. The Hall–Kier alpha value is -1.59. The van der Waals surface area contributed by atoms with E-state index in [0.29, 0.717) is 28.0 Å². The highest BCUT2D eigenvalue weighted by molar-refractivity contribution is 6.36. The van der Waals surface area contributed by atoms with Crippen molar-refractivity contribution in [1.29, 1.82) is 0 Å². The maximum absolute atomic E-state index is 13.0. The van der Waals surface area contributed by atoms with E-state index in [2.05, 4.69) is 5.32 Å². The van der Waals surface area contributed by atoms with Crippen LogP contribution in [0.3, 0.4) is 0 Å². The molecule has 0 saturated carbocycles. The Morgan fingerprint density at radius 1 is 1.16 bits per heavy atom. The van der Waals surface area contributed by atoms with Crippen molar-refractivity contribution in [1.82, 2.24) is 0 Å². The molecule has 0 radical (unpaired) electrons. The second kappa shape index (κ2) is 5.45. The van der Waals surface area contributed by atoms with Crippen LogP contribution in [0.5, 0.6) is 5.75 Å². The Labute approximate surface area is 152 Å². The molecule has 7 heteroatoms. The van der Waals surface area contributed by atoms with E-state index in [1.807, 2.05) is 0 Å². The van der Waals surface area contributed by atoms with Crippen LogP contribution in [0.15, 0.2) is 24.3 Å². The quantitative estimate of drug-likeness (QED) is 0.679. The first kappa shape index (κ1) is 16.9. The van der Waals surface area contributed by atoms with Crippen molar-refractivity contribution in [3.8, 4) is 5.75 Å². The summed E-state index contributed by atoms with van der Waals surface area (Å²) in [6.45, 7) is 0.490. The minimum absolute atomic E-state index is 0.410. The molecule has 132 valence electrons. The molecule has 2 nitrogen and oxygen atoms in total. The van der Waals surface area contributed by atoms with Gasteiger partial charge in [-0.25, -0.2) is 0 Å². The lowest BCUT2D eigenvalue weighted by molar-refractivity contribution is -0.137. The minimum Gasteiger partial charge on any atom is -0.495 e. The maximum atomic E-state index is 13.0. The third-order valence-corrected chi connectivity index (χ3v) is 5.83. The molecule has 0 saturated heterocycles. The lowest BCUT2D eigenvalue weighted by Crippen LogP contribution is -2.27. The molecule has 0 aromatic heterocycles. The van der Waals surface area contributed by atoms with E-state index in [0.717, 1.165) is 35.6 Å². The predicted octanol–water partition coefficient (Wildman–Crippen LogP) is 5.68. The summed E-state index contributed by atoms with van der Waals surface area (Å²) in [6, 6.07) is 5.52. The number of ether oxygens (including phenoxy) is 1. The molecular weight excluding hydrogens is 374 g/mol. The summed E-state index contributed by atoms with van der Waals surface area (Å²) in [6.07, 6.45) is -2.90. The number of benzene rings is 2. The molecule has 1 unspecified atom stereocenters. The van der Waals surface area contributed by atoms with Crippen LogP contribution in [-0.4, -0.2) is 13.7 Å². The van der Waals surface area contributed by atoms with Crippen LogP contribution in [-0.2, 0) is 18.0 Å². The first-order valence-corrected chi connectivity index (χ1v) is 8.54. The molecule has 1 heterocycles. The Morgan fingerprint density at radius 3 is 2.60 bits per heavy atom.